The van der Waals surface area contributed by atoms with Gasteiger partial charge >= 0.3 is 0 Å². The second-order valence-electron chi connectivity index (χ2n) is 7.42. The van der Waals surface area contributed by atoms with Crippen LogP contribution in [-0.2, 0) is 22.4 Å². The number of rotatable bonds is 4. The molecule has 1 saturated heterocycles. The maximum atomic E-state index is 12.4. The van der Waals surface area contributed by atoms with Crippen LogP contribution in [0.25, 0.3) is 0 Å². The van der Waals surface area contributed by atoms with E-state index in [0.717, 1.165) is 18.5 Å². The minimum atomic E-state index is -0.495. The van der Waals surface area contributed by atoms with Gasteiger partial charge in [0.1, 0.15) is 6.33 Å². The number of amides is 1. The van der Waals surface area contributed by atoms with Crippen LogP contribution in [-0.4, -0.2) is 38.6 Å². The first-order chi connectivity index (χ1) is 11.9. The van der Waals surface area contributed by atoms with Gasteiger partial charge < -0.3 is 4.90 Å². The summed E-state index contributed by atoms with van der Waals surface area (Å²) in [5.41, 5.74) is 2.41. The van der Waals surface area contributed by atoms with Gasteiger partial charge in [0, 0.05) is 17.8 Å². The molecule has 1 aromatic heterocycles. The summed E-state index contributed by atoms with van der Waals surface area (Å²) in [6.07, 6.45) is 3.15. The summed E-state index contributed by atoms with van der Waals surface area (Å²) in [6, 6.07) is 12.1. The van der Waals surface area contributed by atoms with Crippen molar-refractivity contribution < 1.29 is 9.59 Å². The molecule has 5 heteroatoms. The summed E-state index contributed by atoms with van der Waals surface area (Å²) in [6.45, 7) is 6.19. The molecule has 2 heterocycles. The highest BCUT2D eigenvalue weighted by Crippen LogP contribution is 2.29. The lowest BCUT2D eigenvalue weighted by molar-refractivity contribution is -0.142. The standard InChI is InChI=1S/C20H23N3O2/c1-20(2,3)23-12-16(18(24)19(23)25)17-11-15(21-13-22-17)10-9-14-7-5-4-6-8-14/h4-8,11,13,16H,9-10,12H2,1-3H3. The molecule has 0 bridgehead atoms. The average Bonchev–Trinajstić information content (AvgIpc) is 2.90. The molecule has 2 aromatic rings. The summed E-state index contributed by atoms with van der Waals surface area (Å²) in [7, 11) is 0. The van der Waals surface area contributed by atoms with Crippen molar-refractivity contribution >= 4 is 11.7 Å². The van der Waals surface area contributed by atoms with Crippen molar-refractivity contribution in [1.82, 2.24) is 14.9 Å². The van der Waals surface area contributed by atoms with E-state index in [0.29, 0.717) is 12.2 Å². The Kier molecular flexibility index (Phi) is 4.66. The molecule has 1 unspecified atom stereocenters. The van der Waals surface area contributed by atoms with Crippen LogP contribution < -0.4 is 0 Å². The molecule has 3 rings (SSSR count). The predicted octanol–water partition coefficient (Wildman–Crippen LogP) is 2.56. The van der Waals surface area contributed by atoms with Crippen molar-refractivity contribution in [2.75, 3.05) is 6.54 Å². The Balaban J connectivity index is 1.75. The quantitative estimate of drug-likeness (QED) is 0.805. The monoisotopic (exact) mass is 337 g/mol. The van der Waals surface area contributed by atoms with Crippen LogP contribution in [0, 0.1) is 0 Å². The van der Waals surface area contributed by atoms with E-state index >= 15 is 0 Å². The number of likely N-dealkylation sites (tertiary alicyclic amines) is 1. The molecule has 0 N–H and O–H groups in total. The second-order valence-corrected chi connectivity index (χ2v) is 7.42. The summed E-state index contributed by atoms with van der Waals surface area (Å²) >= 11 is 0. The minimum Gasteiger partial charge on any atom is -0.330 e. The van der Waals surface area contributed by atoms with Gasteiger partial charge in [-0.3, -0.25) is 9.59 Å². The number of Topliss-reactive ketones (excluding diaryl/α,β-unsaturated/α-hetero) is 1. The zero-order valence-corrected chi connectivity index (χ0v) is 14.9. The predicted molar refractivity (Wildman–Crippen MR) is 95.1 cm³/mol. The van der Waals surface area contributed by atoms with Crippen LogP contribution in [0.1, 0.15) is 43.6 Å². The summed E-state index contributed by atoms with van der Waals surface area (Å²) in [4.78, 5) is 34.9. The molecule has 5 nitrogen and oxygen atoms in total. The summed E-state index contributed by atoms with van der Waals surface area (Å²) in [5.74, 6) is -1.28. The molecule has 0 aliphatic carbocycles. The molecule has 1 amide bonds. The Hall–Kier alpha value is -2.56. The zero-order chi connectivity index (χ0) is 18.0. The number of hydrogen-bond acceptors (Lipinski definition) is 4. The Labute approximate surface area is 148 Å². The summed E-state index contributed by atoms with van der Waals surface area (Å²) in [5, 5.41) is 0. The zero-order valence-electron chi connectivity index (χ0n) is 14.9. The Morgan fingerprint density at radius 3 is 2.44 bits per heavy atom. The molecule has 1 fully saturated rings. The molecular formula is C20H23N3O2. The normalized spacial score (nSPS) is 18.0. The van der Waals surface area contributed by atoms with Crippen molar-refractivity contribution in [2.45, 2.75) is 45.1 Å². The van der Waals surface area contributed by atoms with Crippen LogP contribution in [0.4, 0.5) is 0 Å². The van der Waals surface area contributed by atoms with Crippen molar-refractivity contribution in [3.8, 4) is 0 Å². The van der Waals surface area contributed by atoms with Gasteiger partial charge in [-0.05, 0) is 45.2 Å². The Morgan fingerprint density at radius 2 is 1.80 bits per heavy atom. The summed E-state index contributed by atoms with van der Waals surface area (Å²) < 4.78 is 0. The van der Waals surface area contributed by atoms with Crippen molar-refractivity contribution in [2.24, 2.45) is 0 Å². The molecular weight excluding hydrogens is 314 g/mol. The highest BCUT2D eigenvalue weighted by molar-refractivity contribution is 6.40. The Morgan fingerprint density at radius 1 is 1.08 bits per heavy atom. The van der Waals surface area contributed by atoms with Gasteiger partial charge in [0.25, 0.3) is 5.91 Å². The first kappa shape index (κ1) is 17.3. The number of benzene rings is 1. The molecule has 0 spiro atoms. The van der Waals surface area contributed by atoms with Crippen LogP contribution >= 0.6 is 0 Å². The van der Waals surface area contributed by atoms with Gasteiger partial charge in [0.2, 0.25) is 5.78 Å². The fourth-order valence-electron chi connectivity index (χ4n) is 3.10. The first-order valence-electron chi connectivity index (χ1n) is 8.57. The lowest BCUT2D eigenvalue weighted by Crippen LogP contribution is -2.43. The van der Waals surface area contributed by atoms with Gasteiger partial charge in [0.15, 0.2) is 0 Å². The largest absolute Gasteiger partial charge is 0.330 e. The van der Waals surface area contributed by atoms with E-state index in [2.05, 4.69) is 22.1 Å². The number of carbonyl (C=O) groups excluding carboxylic acids is 2. The van der Waals surface area contributed by atoms with E-state index in [1.54, 1.807) is 4.90 Å². The fourth-order valence-corrected chi connectivity index (χ4v) is 3.10. The molecule has 25 heavy (non-hydrogen) atoms. The van der Waals surface area contributed by atoms with Crippen molar-refractivity contribution in [3.05, 3.63) is 59.7 Å². The van der Waals surface area contributed by atoms with Crippen molar-refractivity contribution in [1.29, 1.82) is 0 Å². The third-order valence-electron chi connectivity index (χ3n) is 4.56. The fraction of sp³-hybridized carbons (Fsp3) is 0.400. The van der Waals surface area contributed by atoms with Crippen LogP contribution in [0.3, 0.4) is 0 Å². The van der Waals surface area contributed by atoms with E-state index in [4.69, 9.17) is 0 Å². The van der Waals surface area contributed by atoms with Crippen molar-refractivity contribution in [3.63, 3.8) is 0 Å². The number of carbonyl (C=O) groups is 2. The molecule has 1 aromatic carbocycles. The van der Waals surface area contributed by atoms with Gasteiger partial charge in [0.05, 0.1) is 11.6 Å². The molecule has 130 valence electrons. The van der Waals surface area contributed by atoms with E-state index in [9.17, 15) is 9.59 Å². The van der Waals surface area contributed by atoms with E-state index in [-0.39, 0.29) is 11.3 Å². The highest BCUT2D eigenvalue weighted by atomic mass is 16.2. The number of ketones is 1. The SMILES string of the molecule is CC(C)(C)N1CC(c2cc(CCc3ccccc3)ncn2)C(=O)C1=O. The average molecular weight is 337 g/mol. The molecule has 0 radical (unpaired) electrons. The first-order valence-corrected chi connectivity index (χ1v) is 8.57. The topological polar surface area (TPSA) is 63.2 Å². The minimum absolute atomic E-state index is 0.370. The third kappa shape index (κ3) is 3.76. The smallest absolute Gasteiger partial charge is 0.291 e. The lowest BCUT2D eigenvalue weighted by Gasteiger charge is -2.31. The van der Waals surface area contributed by atoms with E-state index in [1.807, 2.05) is 45.0 Å². The number of nitrogens with zero attached hydrogens (tertiary/aromatic N) is 3. The molecule has 1 aliphatic rings. The van der Waals surface area contributed by atoms with Crippen LogP contribution in [0.5, 0.6) is 0 Å². The van der Waals surface area contributed by atoms with Gasteiger partial charge in [-0.25, -0.2) is 9.97 Å². The van der Waals surface area contributed by atoms with Crippen LogP contribution in [0.15, 0.2) is 42.7 Å². The molecule has 1 aliphatic heterocycles. The van der Waals surface area contributed by atoms with Crippen LogP contribution in [0.2, 0.25) is 0 Å². The number of aromatic nitrogens is 2. The molecule has 1 atom stereocenters. The maximum Gasteiger partial charge on any atom is 0.291 e. The van der Waals surface area contributed by atoms with Gasteiger partial charge in [-0.1, -0.05) is 30.3 Å². The van der Waals surface area contributed by atoms with E-state index in [1.165, 1.54) is 11.9 Å². The lowest BCUT2D eigenvalue weighted by atomic mass is 10.0. The third-order valence-corrected chi connectivity index (χ3v) is 4.56. The van der Waals surface area contributed by atoms with Gasteiger partial charge in [-0.2, -0.15) is 0 Å². The number of aryl methyl sites for hydroxylation is 2. The number of hydrogen-bond donors (Lipinski definition) is 0. The highest BCUT2D eigenvalue weighted by Gasteiger charge is 2.44. The van der Waals surface area contributed by atoms with Gasteiger partial charge in [-0.15, -0.1) is 0 Å². The Bertz CT molecular complexity index is 781. The van der Waals surface area contributed by atoms with E-state index < -0.39 is 11.8 Å². The maximum absolute atomic E-state index is 12.4. The second kappa shape index (κ2) is 6.75. The molecule has 0 saturated carbocycles.